The van der Waals surface area contributed by atoms with Crippen molar-refractivity contribution in [1.82, 2.24) is 10.3 Å². The Morgan fingerprint density at radius 2 is 2.00 bits per heavy atom. The molecular formula is C24H27N3O4S. The largest absolute Gasteiger partial charge is 0.481 e. The van der Waals surface area contributed by atoms with Crippen LogP contribution < -0.4 is 10.6 Å². The van der Waals surface area contributed by atoms with Crippen molar-refractivity contribution in [3.8, 4) is 0 Å². The SMILES string of the molecule is C[C@H]1CCc2c(sc(NC(=O)[C@@H]3CC=CC[C@@H]3C(=O)O)c2C(=O)NCc2cccnc2)C1. The summed E-state index contributed by atoms with van der Waals surface area (Å²) in [6.07, 6.45) is 10.4. The molecule has 7 nitrogen and oxygen atoms in total. The van der Waals surface area contributed by atoms with E-state index in [9.17, 15) is 19.5 Å². The fraction of sp³-hybridized carbons (Fsp3) is 0.417. The van der Waals surface area contributed by atoms with Crippen molar-refractivity contribution in [3.05, 3.63) is 58.2 Å². The minimum Gasteiger partial charge on any atom is -0.481 e. The molecule has 2 aliphatic rings. The zero-order valence-electron chi connectivity index (χ0n) is 18.0. The zero-order valence-corrected chi connectivity index (χ0v) is 18.8. The molecule has 3 atom stereocenters. The zero-order chi connectivity index (χ0) is 22.7. The van der Waals surface area contributed by atoms with Gasteiger partial charge in [0.2, 0.25) is 5.91 Å². The van der Waals surface area contributed by atoms with E-state index in [4.69, 9.17) is 0 Å². The van der Waals surface area contributed by atoms with E-state index in [1.807, 2.05) is 24.3 Å². The van der Waals surface area contributed by atoms with Crippen LogP contribution in [-0.4, -0.2) is 27.9 Å². The van der Waals surface area contributed by atoms with E-state index >= 15 is 0 Å². The second-order valence-corrected chi connectivity index (χ2v) is 9.69. The lowest BCUT2D eigenvalue weighted by molar-refractivity contribution is -0.146. The standard InChI is InChI=1S/C24H27N3O4S/c1-14-8-9-18-19(11-14)32-23(20(18)22(29)26-13-15-5-4-10-25-12-15)27-21(28)16-6-2-3-7-17(16)24(30)31/h2-5,10,12,14,16-17H,6-9,11,13H2,1H3,(H,26,29)(H,27,28)(H,30,31)/t14-,16+,17-/m0/s1. The molecule has 0 unspecified atom stereocenters. The summed E-state index contributed by atoms with van der Waals surface area (Å²) >= 11 is 1.45. The van der Waals surface area contributed by atoms with Crippen LogP contribution in [0.15, 0.2) is 36.7 Å². The molecule has 0 fully saturated rings. The average Bonchev–Trinajstić information content (AvgIpc) is 3.14. The van der Waals surface area contributed by atoms with Crippen molar-refractivity contribution in [2.45, 2.75) is 45.6 Å². The molecule has 168 valence electrons. The molecular weight excluding hydrogens is 426 g/mol. The van der Waals surface area contributed by atoms with Gasteiger partial charge >= 0.3 is 5.97 Å². The van der Waals surface area contributed by atoms with Gasteiger partial charge in [-0.15, -0.1) is 11.3 Å². The summed E-state index contributed by atoms with van der Waals surface area (Å²) in [6.45, 7) is 2.53. The molecule has 2 heterocycles. The molecule has 0 bridgehead atoms. The number of amides is 2. The predicted octanol–water partition coefficient (Wildman–Crippen LogP) is 3.80. The van der Waals surface area contributed by atoms with Crippen LogP contribution in [0.25, 0.3) is 0 Å². The Kier molecular flexibility index (Phi) is 6.69. The Morgan fingerprint density at radius 1 is 1.22 bits per heavy atom. The number of pyridine rings is 1. The van der Waals surface area contributed by atoms with E-state index in [1.54, 1.807) is 12.4 Å². The Bertz CT molecular complexity index is 1050. The molecule has 0 saturated heterocycles. The highest BCUT2D eigenvalue weighted by Crippen LogP contribution is 2.40. The molecule has 0 radical (unpaired) electrons. The van der Waals surface area contributed by atoms with Gasteiger partial charge in [0.1, 0.15) is 5.00 Å². The van der Waals surface area contributed by atoms with E-state index in [1.165, 1.54) is 11.3 Å². The lowest BCUT2D eigenvalue weighted by atomic mass is 9.82. The number of aliphatic carboxylic acids is 1. The number of thiophene rings is 1. The van der Waals surface area contributed by atoms with Gasteiger partial charge in [0.15, 0.2) is 0 Å². The van der Waals surface area contributed by atoms with Crippen molar-refractivity contribution < 1.29 is 19.5 Å². The van der Waals surface area contributed by atoms with Crippen molar-refractivity contribution in [2.75, 3.05) is 5.32 Å². The third-order valence-electron chi connectivity index (χ3n) is 6.24. The number of carbonyl (C=O) groups excluding carboxylic acids is 2. The van der Waals surface area contributed by atoms with Gasteiger partial charge in [-0.25, -0.2) is 0 Å². The van der Waals surface area contributed by atoms with Gasteiger partial charge in [0.05, 0.1) is 17.4 Å². The number of nitrogens with one attached hydrogen (secondary N) is 2. The van der Waals surface area contributed by atoms with Crippen LogP contribution >= 0.6 is 11.3 Å². The Hall–Kier alpha value is -3.00. The highest BCUT2D eigenvalue weighted by Gasteiger charge is 2.35. The number of fused-ring (bicyclic) bond motifs is 1. The second-order valence-electron chi connectivity index (χ2n) is 8.58. The third-order valence-corrected chi connectivity index (χ3v) is 7.41. The smallest absolute Gasteiger partial charge is 0.307 e. The van der Waals surface area contributed by atoms with Crippen LogP contribution in [0.4, 0.5) is 5.00 Å². The molecule has 0 aliphatic heterocycles. The minimum absolute atomic E-state index is 0.227. The number of nitrogens with zero attached hydrogens (tertiary/aromatic N) is 1. The average molecular weight is 454 g/mol. The summed E-state index contributed by atoms with van der Waals surface area (Å²) < 4.78 is 0. The first-order chi connectivity index (χ1) is 15.4. The predicted molar refractivity (Wildman–Crippen MR) is 123 cm³/mol. The molecule has 2 aliphatic carbocycles. The molecule has 0 spiro atoms. The molecule has 32 heavy (non-hydrogen) atoms. The first-order valence-corrected chi connectivity index (χ1v) is 11.8. The summed E-state index contributed by atoms with van der Waals surface area (Å²) in [5.74, 6) is -2.41. The van der Waals surface area contributed by atoms with Gasteiger partial charge in [0, 0.05) is 23.8 Å². The summed E-state index contributed by atoms with van der Waals surface area (Å²) in [4.78, 5) is 43.1. The fourth-order valence-electron chi connectivity index (χ4n) is 4.43. The Labute approximate surface area is 190 Å². The summed E-state index contributed by atoms with van der Waals surface area (Å²) in [6, 6.07) is 3.71. The van der Waals surface area contributed by atoms with Crippen LogP contribution in [0, 0.1) is 17.8 Å². The summed E-state index contributed by atoms with van der Waals surface area (Å²) in [7, 11) is 0. The van der Waals surface area contributed by atoms with Gasteiger partial charge in [0.25, 0.3) is 5.91 Å². The fourth-order valence-corrected chi connectivity index (χ4v) is 5.85. The number of carbonyl (C=O) groups is 3. The maximum absolute atomic E-state index is 13.2. The van der Waals surface area contributed by atoms with E-state index in [0.717, 1.165) is 35.3 Å². The number of carboxylic acids is 1. The van der Waals surface area contributed by atoms with E-state index in [-0.39, 0.29) is 11.8 Å². The maximum Gasteiger partial charge on any atom is 0.307 e. The topological polar surface area (TPSA) is 108 Å². The molecule has 0 saturated carbocycles. The number of hydrogen-bond acceptors (Lipinski definition) is 5. The second kappa shape index (κ2) is 9.65. The Balaban J connectivity index is 1.58. The van der Waals surface area contributed by atoms with Gasteiger partial charge < -0.3 is 15.7 Å². The molecule has 8 heteroatoms. The molecule has 0 aromatic carbocycles. The highest BCUT2D eigenvalue weighted by atomic mass is 32.1. The number of rotatable bonds is 6. The van der Waals surface area contributed by atoms with Crippen molar-refractivity contribution >= 4 is 34.1 Å². The summed E-state index contributed by atoms with van der Waals surface area (Å²) in [5, 5.41) is 15.9. The number of carboxylic acid groups (broad SMARTS) is 1. The molecule has 4 rings (SSSR count). The summed E-state index contributed by atoms with van der Waals surface area (Å²) in [5.41, 5.74) is 2.42. The van der Waals surface area contributed by atoms with Crippen LogP contribution in [-0.2, 0) is 29.0 Å². The normalized spacial score (nSPS) is 22.1. The Morgan fingerprint density at radius 3 is 2.72 bits per heavy atom. The van der Waals surface area contributed by atoms with Crippen LogP contribution in [0.2, 0.25) is 0 Å². The van der Waals surface area contributed by atoms with Gasteiger partial charge in [-0.2, -0.15) is 0 Å². The third kappa shape index (κ3) is 4.75. The molecule has 2 aromatic rings. The lowest BCUT2D eigenvalue weighted by Gasteiger charge is -2.24. The van der Waals surface area contributed by atoms with Crippen molar-refractivity contribution in [3.63, 3.8) is 0 Å². The number of allylic oxidation sites excluding steroid dienone is 2. The van der Waals surface area contributed by atoms with Crippen LogP contribution in [0.5, 0.6) is 0 Å². The minimum atomic E-state index is -0.969. The van der Waals surface area contributed by atoms with Crippen LogP contribution in [0.3, 0.4) is 0 Å². The van der Waals surface area contributed by atoms with Gasteiger partial charge in [-0.3, -0.25) is 19.4 Å². The molecule has 3 N–H and O–H groups in total. The highest BCUT2D eigenvalue weighted by molar-refractivity contribution is 7.17. The van der Waals surface area contributed by atoms with E-state index in [0.29, 0.717) is 35.9 Å². The first-order valence-electron chi connectivity index (χ1n) is 10.9. The molecule has 2 amide bonds. The van der Waals surface area contributed by atoms with Crippen molar-refractivity contribution in [2.24, 2.45) is 17.8 Å². The lowest BCUT2D eigenvalue weighted by Crippen LogP contribution is -2.35. The quantitative estimate of drug-likeness (QED) is 0.577. The van der Waals surface area contributed by atoms with E-state index < -0.39 is 17.8 Å². The molecule has 2 aromatic heterocycles. The van der Waals surface area contributed by atoms with Crippen LogP contribution in [0.1, 0.15) is 52.5 Å². The van der Waals surface area contributed by atoms with Gasteiger partial charge in [-0.1, -0.05) is 25.1 Å². The monoisotopic (exact) mass is 453 g/mol. The number of anilines is 1. The first kappa shape index (κ1) is 22.2. The van der Waals surface area contributed by atoms with E-state index in [2.05, 4.69) is 22.5 Å². The number of aromatic nitrogens is 1. The number of hydrogen-bond donors (Lipinski definition) is 3. The van der Waals surface area contributed by atoms with Crippen molar-refractivity contribution in [1.29, 1.82) is 0 Å². The van der Waals surface area contributed by atoms with Gasteiger partial charge in [-0.05, 0) is 55.2 Å². The maximum atomic E-state index is 13.2.